The minimum atomic E-state index is -4.49. The molecule has 0 aliphatic heterocycles. The van der Waals surface area contributed by atoms with E-state index in [4.69, 9.17) is 10.8 Å². The number of aromatic nitrogens is 1. The molecule has 74 valence electrons. The molecule has 0 atom stereocenters. The van der Waals surface area contributed by atoms with E-state index in [0.717, 1.165) is 11.3 Å². The largest absolute Gasteiger partial charge is 0.434 e. The molecule has 0 aliphatic rings. The molecule has 0 saturated heterocycles. The van der Waals surface area contributed by atoms with Crippen molar-refractivity contribution in [3.63, 3.8) is 0 Å². The van der Waals surface area contributed by atoms with Gasteiger partial charge in [-0.05, 0) is 0 Å². The molecular formula is C6H7F3N2OS. The second-order valence-electron chi connectivity index (χ2n) is 2.30. The van der Waals surface area contributed by atoms with Gasteiger partial charge in [0, 0.05) is 17.9 Å². The van der Waals surface area contributed by atoms with Gasteiger partial charge in [0.2, 0.25) is 0 Å². The van der Waals surface area contributed by atoms with Crippen molar-refractivity contribution in [2.75, 3.05) is 12.3 Å². The number of nitrogens with two attached hydrogens (primary N) is 1. The molecule has 0 amide bonds. The Hall–Kier alpha value is -0.820. The van der Waals surface area contributed by atoms with E-state index < -0.39 is 11.9 Å². The summed E-state index contributed by atoms with van der Waals surface area (Å²) in [6.45, 7) is -0.343. The van der Waals surface area contributed by atoms with Crippen LogP contribution in [0.5, 0.6) is 0 Å². The Balaban J connectivity index is 3.04. The van der Waals surface area contributed by atoms with E-state index in [1.807, 2.05) is 0 Å². The van der Waals surface area contributed by atoms with E-state index in [1.54, 1.807) is 0 Å². The minimum Gasteiger partial charge on any atom is -0.396 e. The van der Waals surface area contributed by atoms with Gasteiger partial charge in [-0.25, -0.2) is 4.98 Å². The van der Waals surface area contributed by atoms with Gasteiger partial charge in [0.05, 0.1) is 0 Å². The number of nitrogens with zero attached hydrogens (tertiary/aromatic N) is 1. The summed E-state index contributed by atoms with van der Waals surface area (Å²) in [6.07, 6.45) is -4.55. The van der Waals surface area contributed by atoms with Gasteiger partial charge >= 0.3 is 6.18 Å². The summed E-state index contributed by atoms with van der Waals surface area (Å²) in [5.74, 6) is 0. The van der Waals surface area contributed by atoms with Gasteiger partial charge in [-0.3, -0.25) is 0 Å². The lowest BCUT2D eigenvalue weighted by atomic mass is 10.3. The van der Waals surface area contributed by atoms with E-state index in [9.17, 15) is 13.2 Å². The number of aliphatic hydroxyl groups excluding tert-OH is 1. The highest BCUT2D eigenvalue weighted by atomic mass is 32.1. The Morgan fingerprint density at radius 1 is 1.46 bits per heavy atom. The molecule has 0 bridgehead atoms. The maximum atomic E-state index is 12.2. The summed E-state index contributed by atoms with van der Waals surface area (Å²) in [6, 6.07) is 0. The number of anilines is 1. The lowest BCUT2D eigenvalue weighted by molar-refractivity contribution is -0.141. The predicted octanol–water partition coefficient (Wildman–Crippen LogP) is 1.28. The summed E-state index contributed by atoms with van der Waals surface area (Å²) < 4.78 is 36.6. The molecular weight excluding hydrogens is 205 g/mol. The lowest BCUT2D eigenvalue weighted by Crippen LogP contribution is -2.09. The summed E-state index contributed by atoms with van der Waals surface area (Å²) in [4.78, 5) is 3.14. The molecule has 0 aliphatic carbocycles. The predicted molar refractivity (Wildman–Crippen MR) is 42.3 cm³/mol. The van der Waals surface area contributed by atoms with Crippen LogP contribution in [-0.4, -0.2) is 16.7 Å². The van der Waals surface area contributed by atoms with Gasteiger partial charge < -0.3 is 10.8 Å². The highest BCUT2D eigenvalue weighted by Gasteiger charge is 2.36. The van der Waals surface area contributed by atoms with Crippen molar-refractivity contribution in [1.29, 1.82) is 0 Å². The number of rotatable bonds is 2. The van der Waals surface area contributed by atoms with Crippen LogP contribution in [0.2, 0.25) is 0 Å². The Bertz CT molecular complexity index is 297. The number of halogens is 3. The monoisotopic (exact) mass is 212 g/mol. The fourth-order valence-electron chi connectivity index (χ4n) is 0.862. The summed E-state index contributed by atoms with van der Waals surface area (Å²) in [5, 5.41) is 8.36. The Morgan fingerprint density at radius 3 is 2.54 bits per heavy atom. The average molecular weight is 212 g/mol. The highest BCUT2D eigenvalue weighted by molar-refractivity contribution is 7.15. The minimum absolute atomic E-state index is 0.0208. The molecule has 0 unspecified atom stereocenters. The fraction of sp³-hybridized carbons (Fsp3) is 0.500. The van der Waals surface area contributed by atoms with Gasteiger partial charge in [-0.1, -0.05) is 0 Å². The van der Waals surface area contributed by atoms with Gasteiger partial charge in [-0.15, -0.1) is 11.3 Å². The summed E-state index contributed by atoms with van der Waals surface area (Å²) >= 11 is 0.752. The molecule has 1 aromatic heterocycles. The molecule has 1 heterocycles. The molecule has 1 aromatic rings. The van der Waals surface area contributed by atoms with E-state index in [2.05, 4.69) is 4.98 Å². The van der Waals surface area contributed by atoms with Crippen molar-refractivity contribution < 1.29 is 18.3 Å². The Labute approximate surface area is 76.0 Å². The zero-order valence-corrected chi connectivity index (χ0v) is 7.24. The van der Waals surface area contributed by atoms with Gasteiger partial charge in [0.1, 0.15) is 0 Å². The van der Waals surface area contributed by atoms with E-state index >= 15 is 0 Å². The number of thiazole rings is 1. The van der Waals surface area contributed by atoms with Crippen molar-refractivity contribution in [3.05, 3.63) is 10.6 Å². The second kappa shape index (κ2) is 3.51. The third kappa shape index (κ3) is 2.31. The maximum absolute atomic E-state index is 12.2. The quantitative estimate of drug-likeness (QED) is 0.776. The zero-order chi connectivity index (χ0) is 10.1. The van der Waals surface area contributed by atoms with Crippen LogP contribution in [0.1, 0.15) is 10.6 Å². The number of aliphatic hydroxyl groups is 1. The first kappa shape index (κ1) is 10.3. The fourth-order valence-corrected chi connectivity index (χ4v) is 1.70. The number of nitrogen functional groups attached to an aromatic ring is 1. The van der Waals surface area contributed by atoms with Crippen LogP contribution in [-0.2, 0) is 12.6 Å². The van der Waals surface area contributed by atoms with Crippen LogP contribution in [0.25, 0.3) is 0 Å². The average Bonchev–Trinajstić information content (AvgIpc) is 2.30. The first-order chi connectivity index (χ1) is 5.95. The van der Waals surface area contributed by atoms with E-state index in [-0.39, 0.29) is 23.0 Å². The van der Waals surface area contributed by atoms with E-state index in [1.165, 1.54) is 0 Å². The maximum Gasteiger partial charge on any atom is 0.434 e. The zero-order valence-electron chi connectivity index (χ0n) is 6.43. The van der Waals surface area contributed by atoms with Gasteiger partial charge in [-0.2, -0.15) is 13.2 Å². The van der Waals surface area contributed by atoms with Crippen molar-refractivity contribution in [3.8, 4) is 0 Å². The molecule has 0 spiro atoms. The lowest BCUT2D eigenvalue weighted by Gasteiger charge is -2.03. The molecule has 0 aromatic carbocycles. The van der Waals surface area contributed by atoms with E-state index in [0.29, 0.717) is 0 Å². The normalized spacial score (nSPS) is 12.0. The number of alkyl halides is 3. The number of hydrogen-bond acceptors (Lipinski definition) is 4. The van der Waals surface area contributed by atoms with Crippen molar-refractivity contribution in [1.82, 2.24) is 4.98 Å². The molecule has 7 heteroatoms. The third-order valence-electron chi connectivity index (χ3n) is 1.32. The molecule has 3 N–H and O–H groups in total. The van der Waals surface area contributed by atoms with Crippen LogP contribution < -0.4 is 5.73 Å². The first-order valence-corrected chi connectivity index (χ1v) is 4.20. The Kier molecular flexibility index (Phi) is 2.77. The topological polar surface area (TPSA) is 59.1 Å². The van der Waals surface area contributed by atoms with Crippen LogP contribution in [0, 0.1) is 0 Å². The second-order valence-corrected chi connectivity index (χ2v) is 3.41. The van der Waals surface area contributed by atoms with Crippen molar-refractivity contribution >= 4 is 16.5 Å². The SMILES string of the molecule is Nc1nc(C(F)(F)F)c(CCO)s1. The third-order valence-corrected chi connectivity index (χ3v) is 2.27. The first-order valence-electron chi connectivity index (χ1n) is 3.38. The smallest absolute Gasteiger partial charge is 0.396 e. The van der Waals surface area contributed by atoms with Crippen LogP contribution in [0.4, 0.5) is 18.3 Å². The number of hydrogen-bond donors (Lipinski definition) is 2. The summed E-state index contributed by atoms with van der Waals surface area (Å²) in [7, 11) is 0. The molecule has 3 nitrogen and oxygen atoms in total. The van der Waals surface area contributed by atoms with Crippen molar-refractivity contribution in [2.45, 2.75) is 12.6 Å². The molecule has 1 rings (SSSR count). The van der Waals surface area contributed by atoms with Crippen molar-refractivity contribution in [2.24, 2.45) is 0 Å². The Morgan fingerprint density at radius 2 is 2.08 bits per heavy atom. The van der Waals surface area contributed by atoms with Crippen LogP contribution in [0.3, 0.4) is 0 Å². The standard InChI is InChI=1S/C6H7F3N2OS/c7-6(8,9)4-3(1-2-12)13-5(10)11-4/h12H,1-2H2,(H2,10,11). The highest BCUT2D eigenvalue weighted by Crippen LogP contribution is 2.35. The van der Waals surface area contributed by atoms with Gasteiger partial charge in [0.15, 0.2) is 10.8 Å². The van der Waals surface area contributed by atoms with Crippen LogP contribution >= 0.6 is 11.3 Å². The summed E-state index contributed by atoms with van der Waals surface area (Å²) in [5.41, 5.74) is 4.15. The molecule has 13 heavy (non-hydrogen) atoms. The molecule has 0 saturated carbocycles. The van der Waals surface area contributed by atoms with Crippen LogP contribution in [0.15, 0.2) is 0 Å². The molecule has 0 fully saturated rings. The molecule has 0 radical (unpaired) electrons. The van der Waals surface area contributed by atoms with Gasteiger partial charge in [0.25, 0.3) is 0 Å².